The molecule has 0 unspecified atom stereocenters. The number of ether oxygens (including phenoxy) is 2. The number of carbonyl (C=O) groups is 2. The smallest absolute Gasteiger partial charge is 0.278 e. The molecule has 0 spiro atoms. The van der Waals surface area contributed by atoms with Gasteiger partial charge in [0.25, 0.3) is 20.2 Å². The first-order chi connectivity index (χ1) is 31.7. The van der Waals surface area contributed by atoms with Crippen LogP contribution in [-0.2, 0) is 33.9 Å². The van der Waals surface area contributed by atoms with Crippen LogP contribution in [0.15, 0.2) is 36.7 Å². The number of carbonyl (C=O) groups excluding carboxylic acids is 2. The Bertz CT molecular complexity index is 2730. The Morgan fingerprint density at radius 3 is 1.35 bits per heavy atom. The highest BCUT2D eigenvalue weighted by Gasteiger charge is 2.34. The molecule has 29 heteroatoms. The number of hydrogen-bond donors (Lipinski definition) is 5. The zero-order valence-electron chi connectivity index (χ0n) is 38.1. The molecule has 2 aromatic heterocycles. The molecule has 4 heterocycles. The van der Waals surface area contributed by atoms with Crippen molar-refractivity contribution >= 4 is 65.4 Å². The maximum Gasteiger partial charge on any atom is 0.278 e. The third-order valence-electron chi connectivity index (χ3n) is 9.49. The molecule has 2 saturated heterocycles. The van der Waals surface area contributed by atoms with Crippen molar-refractivity contribution in [1.82, 2.24) is 34.5 Å². The van der Waals surface area contributed by atoms with Crippen molar-refractivity contribution in [2.75, 3.05) is 101 Å². The number of rotatable bonds is 16. The first kappa shape index (κ1) is 56.5. The van der Waals surface area contributed by atoms with E-state index < -0.39 is 76.2 Å². The summed E-state index contributed by atoms with van der Waals surface area (Å²) in [6.45, 7) is 12.2. The Hall–Kier alpha value is -5.85. The molecule has 0 amide bonds. The molecule has 2 fully saturated rings. The third-order valence-corrected chi connectivity index (χ3v) is 12.7. The number of anilines is 4. The molecule has 376 valence electrons. The van der Waals surface area contributed by atoms with Gasteiger partial charge >= 0.3 is 0 Å². The van der Waals surface area contributed by atoms with E-state index in [2.05, 4.69) is 65.2 Å². The SMILES string of the molecule is CCN(CC)CC.COc1ccc(F)c(F)c1C(=O)c1cnc(NC2CN(S(C)(=O)=O)C2)nc1N.COc1ccc(F)c(F)c1C(=O)c1cnc(NC2CNC2)nc1N.CS(=O)(=O)OS(C)(=O)=O. The fourth-order valence-electron chi connectivity index (χ4n) is 5.83. The number of methoxy groups -OCH3 is 2. The zero-order chi connectivity index (χ0) is 51.3. The number of nitrogens with one attached hydrogen (secondary N) is 3. The zero-order valence-corrected chi connectivity index (χ0v) is 40.6. The van der Waals surface area contributed by atoms with E-state index in [1.165, 1.54) is 50.4 Å². The van der Waals surface area contributed by atoms with E-state index in [9.17, 15) is 52.4 Å². The van der Waals surface area contributed by atoms with Crippen LogP contribution in [0.1, 0.15) is 52.6 Å². The summed E-state index contributed by atoms with van der Waals surface area (Å²) in [5.74, 6) is -7.08. The van der Waals surface area contributed by atoms with Crippen molar-refractivity contribution in [3.8, 4) is 11.5 Å². The van der Waals surface area contributed by atoms with Gasteiger partial charge in [0, 0.05) is 38.6 Å². The maximum atomic E-state index is 14.1. The average Bonchev–Trinajstić information content (AvgIpc) is 3.21. The van der Waals surface area contributed by atoms with Crippen LogP contribution in [0.3, 0.4) is 0 Å². The van der Waals surface area contributed by atoms with Gasteiger partial charge < -0.3 is 41.8 Å². The van der Waals surface area contributed by atoms with Gasteiger partial charge in [-0.25, -0.2) is 35.9 Å². The van der Waals surface area contributed by atoms with Crippen molar-refractivity contribution in [2.45, 2.75) is 32.9 Å². The van der Waals surface area contributed by atoms with Crippen LogP contribution in [0.5, 0.6) is 11.5 Å². The highest BCUT2D eigenvalue weighted by atomic mass is 32.3. The lowest BCUT2D eigenvalue weighted by molar-refractivity contribution is 0.102. The second-order valence-corrected chi connectivity index (χ2v) is 19.9. The highest BCUT2D eigenvalue weighted by Crippen LogP contribution is 2.29. The fourth-order valence-corrected chi connectivity index (χ4v) is 8.53. The molecule has 7 N–H and O–H groups in total. The minimum Gasteiger partial charge on any atom is -0.496 e. The predicted molar refractivity (Wildman–Crippen MR) is 244 cm³/mol. The van der Waals surface area contributed by atoms with Gasteiger partial charge in [0.2, 0.25) is 33.5 Å². The van der Waals surface area contributed by atoms with Crippen molar-refractivity contribution in [3.63, 3.8) is 0 Å². The van der Waals surface area contributed by atoms with E-state index in [0.29, 0.717) is 12.5 Å². The molecular formula is C39H53F4N11O11S3. The number of ketones is 2. The Morgan fingerprint density at radius 1 is 0.706 bits per heavy atom. The number of benzene rings is 2. The molecule has 0 bridgehead atoms. The lowest BCUT2D eigenvalue weighted by Gasteiger charge is -2.37. The molecular weight excluding hydrogens is 971 g/mol. The number of nitrogens with zero attached hydrogens (tertiary/aromatic N) is 6. The summed E-state index contributed by atoms with van der Waals surface area (Å²) in [7, 11) is -8.53. The standard InChI is InChI=1S/C16H17F2N5O4S.C15H15F2N5O2.C6H15N.C2H6O5S2/c1-27-11-4-3-10(17)13(18)12(11)14(24)9-5-20-16(22-15(9)19)21-8-6-23(7-8)28(2,25)26;1-24-10-3-2-9(16)12(17)11(10)13(23)8-6-20-15(22-14(8)18)21-7-4-19-5-7;1-4-7(5-2)6-3;1-8(3,4)7-9(2,5)6/h3-5,8H,6-7H2,1-2H3,(H3,19,20,21,22);2-3,6-7,19H,4-5H2,1H3,(H3,18,20,21,22);4-6H2,1-3H3;1-2H3. The molecule has 2 aliphatic rings. The molecule has 22 nitrogen and oxygen atoms in total. The lowest BCUT2D eigenvalue weighted by atomic mass is 10.0. The number of aromatic nitrogens is 4. The normalized spacial score (nSPS) is 14.1. The van der Waals surface area contributed by atoms with Crippen molar-refractivity contribution in [3.05, 3.63) is 82.2 Å². The van der Waals surface area contributed by atoms with Crippen molar-refractivity contribution < 1.29 is 65.5 Å². The van der Waals surface area contributed by atoms with Gasteiger partial charge in [-0.1, -0.05) is 20.8 Å². The van der Waals surface area contributed by atoms with Gasteiger partial charge in [0.05, 0.1) is 56.2 Å². The third kappa shape index (κ3) is 16.2. The first-order valence-electron chi connectivity index (χ1n) is 20.1. The number of sulfonamides is 1. The van der Waals surface area contributed by atoms with Crippen LogP contribution in [-0.4, -0.2) is 157 Å². The second kappa shape index (κ2) is 24.4. The van der Waals surface area contributed by atoms with Gasteiger partial charge in [-0.3, -0.25) is 9.59 Å². The minimum atomic E-state index is -3.87. The average molecular weight is 1020 g/mol. The Kier molecular flexibility index (Phi) is 20.3. The summed E-state index contributed by atoms with van der Waals surface area (Å²) in [6.07, 6.45) is 4.70. The van der Waals surface area contributed by atoms with Gasteiger partial charge in [-0.15, -0.1) is 3.63 Å². The Balaban J connectivity index is 0.000000276. The van der Waals surface area contributed by atoms with E-state index in [1.54, 1.807) is 0 Å². The van der Waals surface area contributed by atoms with E-state index in [0.717, 1.165) is 43.7 Å². The second-order valence-electron chi connectivity index (χ2n) is 14.5. The molecule has 0 saturated carbocycles. The number of nitrogens with two attached hydrogens (primary N) is 2. The largest absolute Gasteiger partial charge is 0.496 e. The van der Waals surface area contributed by atoms with Crippen LogP contribution in [0.4, 0.5) is 41.1 Å². The van der Waals surface area contributed by atoms with E-state index in [-0.39, 0.29) is 71.3 Å². The lowest BCUT2D eigenvalue weighted by Crippen LogP contribution is -2.56. The molecule has 2 aromatic carbocycles. The summed E-state index contributed by atoms with van der Waals surface area (Å²) in [6, 6.07) is 3.99. The van der Waals surface area contributed by atoms with Crippen LogP contribution in [0.2, 0.25) is 0 Å². The number of hydrogen-bond acceptors (Lipinski definition) is 21. The van der Waals surface area contributed by atoms with E-state index >= 15 is 0 Å². The molecule has 0 aliphatic carbocycles. The van der Waals surface area contributed by atoms with Crippen LogP contribution >= 0.6 is 0 Å². The summed E-state index contributed by atoms with van der Waals surface area (Å²) >= 11 is 0. The summed E-state index contributed by atoms with van der Waals surface area (Å²) in [4.78, 5) is 43.5. The van der Waals surface area contributed by atoms with E-state index in [1.807, 2.05) is 0 Å². The van der Waals surface area contributed by atoms with Gasteiger partial charge in [0.1, 0.15) is 34.3 Å². The quantitative estimate of drug-likeness (QED) is 0.0790. The van der Waals surface area contributed by atoms with Crippen molar-refractivity contribution in [2.24, 2.45) is 0 Å². The van der Waals surface area contributed by atoms with E-state index in [4.69, 9.17) is 20.9 Å². The van der Waals surface area contributed by atoms with Gasteiger partial charge in [-0.2, -0.15) is 31.1 Å². The first-order valence-corrected chi connectivity index (χ1v) is 25.6. The fraction of sp³-hybridized carbons (Fsp3) is 0.436. The monoisotopic (exact) mass is 1020 g/mol. The molecule has 0 radical (unpaired) electrons. The van der Waals surface area contributed by atoms with Crippen LogP contribution in [0.25, 0.3) is 0 Å². The highest BCUT2D eigenvalue weighted by molar-refractivity contribution is 7.99. The van der Waals surface area contributed by atoms with Crippen LogP contribution < -0.4 is 36.9 Å². The van der Waals surface area contributed by atoms with Gasteiger partial charge in [0.15, 0.2) is 23.3 Å². The summed E-state index contributed by atoms with van der Waals surface area (Å²) in [5.41, 5.74) is 10.1. The summed E-state index contributed by atoms with van der Waals surface area (Å²) in [5, 5.41) is 9.00. The molecule has 0 atom stereocenters. The topological polar surface area (TPSA) is 310 Å². The maximum absolute atomic E-state index is 14.1. The Labute approximate surface area is 391 Å². The predicted octanol–water partition coefficient (Wildman–Crippen LogP) is 1.86. The number of halogens is 4. The molecule has 6 rings (SSSR count). The minimum absolute atomic E-state index is 0.0823. The number of nitrogen functional groups attached to an aromatic ring is 2. The van der Waals surface area contributed by atoms with Crippen molar-refractivity contribution in [1.29, 1.82) is 0 Å². The van der Waals surface area contributed by atoms with Gasteiger partial charge in [-0.05, 0) is 43.9 Å². The van der Waals surface area contributed by atoms with Crippen LogP contribution in [0, 0.1) is 23.3 Å². The molecule has 2 aliphatic heterocycles. The summed E-state index contributed by atoms with van der Waals surface area (Å²) < 4.78 is 133. The Morgan fingerprint density at radius 2 is 1.09 bits per heavy atom. The molecule has 68 heavy (non-hydrogen) atoms. The molecule has 4 aromatic rings.